The van der Waals surface area contributed by atoms with Gasteiger partial charge in [-0.05, 0) is 56.7 Å². The highest BCUT2D eigenvalue weighted by atomic mass is 16.2. The Morgan fingerprint density at radius 2 is 1.39 bits per heavy atom. The van der Waals surface area contributed by atoms with E-state index < -0.39 is 0 Å². The summed E-state index contributed by atoms with van der Waals surface area (Å²) < 4.78 is 0. The van der Waals surface area contributed by atoms with Crippen LogP contribution in [0.15, 0.2) is 18.2 Å². The molecule has 0 atom stereocenters. The number of carbonyl (C=O) groups is 2. The van der Waals surface area contributed by atoms with Crippen molar-refractivity contribution in [2.75, 3.05) is 36.4 Å². The van der Waals surface area contributed by atoms with Gasteiger partial charge >= 0.3 is 0 Å². The fourth-order valence-electron chi connectivity index (χ4n) is 5.11. The molecule has 0 radical (unpaired) electrons. The number of amides is 2. The summed E-state index contributed by atoms with van der Waals surface area (Å²) in [5, 5.41) is 3.05. The zero-order valence-electron chi connectivity index (χ0n) is 20.9. The van der Waals surface area contributed by atoms with Crippen molar-refractivity contribution in [2.45, 2.75) is 103 Å². The van der Waals surface area contributed by atoms with Crippen LogP contribution >= 0.6 is 0 Å². The van der Waals surface area contributed by atoms with Crippen LogP contribution in [-0.4, -0.2) is 42.9 Å². The summed E-state index contributed by atoms with van der Waals surface area (Å²) in [6.07, 6.45) is 17.5. The van der Waals surface area contributed by atoms with E-state index in [4.69, 9.17) is 0 Å². The summed E-state index contributed by atoms with van der Waals surface area (Å²) in [4.78, 5) is 30.2. The van der Waals surface area contributed by atoms with Gasteiger partial charge in [0.2, 0.25) is 5.91 Å². The minimum atomic E-state index is 0.0586. The summed E-state index contributed by atoms with van der Waals surface area (Å²) in [6.45, 7) is 5.94. The molecule has 2 amide bonds. The molecule has 2 heterocycles. The quantitative estimate of drug-likeness (QED) is 0.334. The third kappa shape index (κ3) is 8.35. The van der Waals surface area contributed by atoms with Crippen molar-refractivity contribution in [1.29, 1.82) is 0 Å². The summed E-state index contributed by atoms with van der Waals surface area (Å²) in [7, 11) is 0. The van der Waals surface area contributed by atoms with Crippen LogP contribution in [0.1, 0.15) is 114 Å². The van der Waals surface area contributed by atoms with Crippen LogP contribution in [0.3, 0.4) is 0 Å². The van der Waals surface area contributed by atoms with Crippen molar-refractivity contribution in [1.82, 2.24) is 4.90 Å². The van der Waals surface area contributed by atoms with Gasteiger partial charge in [0.25, 0.3) is 5.91 Å². The molecule has 184 valence electrons. The Bertz CT molecular complexity index is 737. The molecule has 0 aliphatic carbocycles. The molecule has 0 aromatic heterocycles. The van der Waals surface area contributed by atoms with Gasteiger partial charge in [-0.25, -0.2) is 0 Å². The van der Waals surface area contributed by atoms with Crippen LogP contribution < -0.4 is 10.2 Å². The summed E-state index contributed by atoms with van der Waals surface area (Å²) in [5.41, 5.74) is 2.53. The molecule has 1 aromatic rings. The Kier molecular flexibility index (Phi) is 11.1. The van der Waals surface area contributed by atoms with Gasteiger partial charge in [0.1, 0.15) is 0 Å². The molecule has 2 saturated heterocycles. The number of likely N-dealkylation sites (tertiary alicyclic amines) is 1. The van der Waals surface area contributed by atoms with Gasteiger partial charge in [0, 0.05) is 44.0 Å². The number of hydrogen-bond acceptors (Lipinski definition) is 3. The molecule has 3 rings (SSSR count). The van der Waals surface area contributed by atoms with E-state index in [9.17, 15) is 9.59 Å². The van der Waals surface area contributed by atoms with Crippen molar-refractivity contribution in [3.8, 4) is 0 Å². The Balaban J connectivity index is 1.50. The van der Waals surface area contributed by atoms with Crippen molar-refractivity contribution in [3.63, 3.8) is 0 Å². The van der Waals surface area contributed by atoms with Gasteiger partial charge in [-0.3, -0.25) is 9.59 Å². The summed E-state index contributed by atoms with van der Waals surface area (Å²) >= 11 is 0. The van der Waals surface area contributed by atoms with Gasteiger partial charge in [-0.1, -0.05) is 58.3 Å². The zero-order valence-corrected chi connectivity index (χ0v) is 20.9. The average Bonchev–Trinajstić information content (AvgIpc) is 3.38. The van der Waals surface area contributed by atoms with Crippen LogP contribution in [0.5, 0.6) is 0 Å². The molecule has 5 nitrogen and oxygen atoms in total. The van der Waals surface area contributed by atoms with E-state index >= 15 is 0 Å². The van der Waals surface area contributed by atoms with Gasteiger partial charge in [0.05, 0.1) is 5.56 Å². The molecular formula is C28H45N3O2. The van der Waals surface area contributed by atoms with Crippen molar-refractivity contribution < 1.29 is 9.59 Å². The van der Waals surface area contributed by atoms with E-state index in [1.807, 2.05) is 23.1 Å². The SMILES string of the molecule is CCCCCCCCCCCC(=O)Nc1ccc(N2CCCC2)c(C(=O)N2CCCCC2)c1. The maximum atomic E-state index is 13.4. The van der Waals surface area contributed by atoms with Crippen LogP contribution in [0.2, 0.25) is 0 Å². The first-order valence-corrected chi connectivity index (χ1v) is 13.7. The van der Waals surface area contributed by atoms with E-state index in [-0.39, 0.29) is 11.8 Å². The van der Waals surface area contributed by atoms with E-state index in [0.29, 0.717) is 6.42 Å². The monoisotopic (exact) mass is 455 g/mol. The lowest BCUT2D eigenvalue weighted by atomic mass is 10.1. The first-order chi connectivity index (χ1) is 16.2. The van der Waals surface area contributed by atoms with Gasteiger partial charge in [-0.2, -0.15) is 0 Å². The molecule has 2 aliphatic heterocycles. The number of carbonyl (C=O) groups excluding carboxylic acids is 2. The predicted octanol–water partition coefficient (Wildman–Crippen LogP) is 6.77. The van der Waals surface area contributed by atoms with Crippen LogP contribution in [-0.2, 0) is 4.79 Å². The standard InChI is InChI=1S/C28H45N3O2/c1-2-3-4-5-6-7-8-9-11-16-27(32)29-24-17-18-26(30-19-14-15-20-30)25(23-24)28(33)31-21-12-10-13-22-31/h17-18,23H,2-16,19-22H2,1H3,(H,29,32). The largest absolute Gasteiger partial charge is 0.371 e. The number of hydrogen-bond donors (Lipinski definition) is 1. The van der Waals surface area contributed by atoms with E-state index in [1.54, 1.807) is 0 Å². The molecule has 0 bridgehead atoms. The number of unbranched alkanes of at least 4 members (excludes halogenated alkanes) is 8. The lowest BCUT2D eigenvalue weighted by Gasteiger charge is -2.29. The highest BCUT2D eigenvalue weighted by Crippen LogP contribution is 2.29. The summed E-state index contributed by atoms with van der Waals surface area (Å²) in [6, 6.07) is 5.92. The Morgan fingerprint density at radius 1 is 0.788 bits per heavy atom. The number of anilines is 2. The normalized spacial score (nSPS) is 16.3. The Labute approximate surface area is 201 Å². The van der Waals surface area contributed by atoms with E-state index in [2.05, 4.69) is 17.1 Å². The first-order valence-electron chi connectivity index (χ1n) is 13.7. The second-order valence-electron chi connectivity index (χ2n) is 9.91. The van der Waals surface area contributed by atoms with Crippen LogP contribution in [0.4, 0.5) is 11.4 Å². The van der Waals surface area contributed by atoms with Crippen LogP contribution in [0, 0.1) is 0 Å². The Hall–Kier alpha value is -2.04. The summed E-state index contributed by atoms with van der Waals surface area (Å²) in [5.74, 6) is 0.176. The third-order valence-corrected chi connectivity index (χ3v) is 7.11. The predicted molar refractivity (Wildman–Crippen MR) is 138 cm³/mol. The minimum absolute atomic E-state index is 0.0586. The lowest BCUT2D eigenvalue weighted by Crippen LogP contribution is -2.36. The highest BCUT2D eigenvalue weighted by molar-refractivity contribution is 6.02. The fourth-order valence-corrected chi connectivity index (χ4v) is 5.11. The number of nitrogens with one attached hydrogen (secondary N) is 1. The van der Waals surface area contributed by atoms with Crippen molar-refractivity contribution >= 4 is 23.2 Å². The topological polar surface area (TPSA) is 52.7 Å². The fraction of sp³-hybridized carbons (Fsp3) is 0.714. The second kappa shape index (κ2) is 14.3. The van der Waals surface area contributed by atoms with Crippen molar-refractivity contribution in [2.24, 2.45) is 0 Å². The molecule has 1 aromatic carbocycles. The molecule has 33 heavy (non-hydrogen) atoms. The van der Waals surface area contributed by atoms with Crippen molar-refractivity contribution in [3.05, 3.63) is 23.8 Å². The van der Waals surface area contributed by atoms with Gasteiger partial charge in [0.15, 0.2) is 0 Å². The molecule has 2 aliphatic rings. The van der Waals surface area contributed by atoms with E-state index in [1.165, 1.54) is 64.2 Å². The van der Waals surface area contributed by atoms with E-state index in [0.717, 1.165) is 68.8 Å². The first kappa shape index (κ1) is 25.6. The smallest absolute Gasteiger partial charge is 0.256 e. The molecular weight excluding hydrogens is 410 g/mol. The number of nitrogens with zero attached hydrogens (tertiary/aromatic N) is 2. The molecule has 5 heteroatoms. The highest BCUT2D eigenvalue weighted by Gasteiger charge is 2.25. The molecule has 0 spiro atoms. The number of benzene rings is 1. The third-order valence-electron chi connectivity index (χ3n) is 7.11. The zero-order chi connectivity index (χ0) is 23.3. The number of rotatable bonds is 13. The van der Waals surface area contributed by atoms with Gasteiger partial charge < -0.3 is 15.1 Å². The minimum Gasteiger partial charge on any atom is -0.371 e. The van der Waals surface area contributed by atoms with Crippen LogP contribution in [0.25, 0.3) is 0 Å². The average molecular weight is 456 g/mol. The maximum Gasteiger partial charge on any atom is 0.256 e. The van der Waals surface area contributed by atoms with Gasteiger partial charge in [-0.15, -0.1) is 0 Å². The molecule has 1 N–H and O–H groups in total. The lowest BCUT2D eigenvalue weighted by molar-refractivity contribution is -0.116. The number of piperidine rings is 1. The molecule has 0 saturated carbocycles. The second-order valence-corrected chi connectivity index (χ2v) is 9.91. The maximum absolute atomic E-state index is 13.4. The molecule has 2 fully saturated rings. The Morgan fingerprint density at radius 3 is 2.06 bits per heavy atom. The molecule has 0 unspecified atom stereocenters.